The minimum Gasteiger partial charge on any atom is -0.234 e. The molecule has 0 spiro atoms. The fraction of sp³-hybridized carbons (Fsp3) is 0.455. The Morgan fingerprint density at radius 1 is 1.00 bits per heavy atom. The maximum Gasteiger partial charge on any atom is 0.155 e. The van der Waals surface area contributed by atoms with Crippen LogP contribution in [0.5, 0.6) is 0 Å². The summed E-state index contributed by atoms with van der Waals surface area (Å²) in [6.45, 7) is 10.0. The van der Waals surface area contributed by atoms with Crippen molar-refractivity contribution in [3.05, 3.63) is 29.2 Å². The van der Waals surface area contributed by atoms with Gasteiger partial charge in [0, 0.05) is 17.5 Å². The number of aromatic nitrogens is 3. The summed E-state index contributed by atoms with van der Waals surface area (Å²) >= 11 is 0. The van der Waals surface area contributed by atoms with Crippen LogP contribution in [0.3, 0.4) is 0 Å². The van der Waals surface area contributed by atoms with Gasteiger partial charge in [-0.05, 0) is 26.8 Å². The zero-order chi connectivity index (χ0) is 10.7. The Morgan fingerprint density at radius 2 is 1.64 bits per heavy atom. The highest BCUT2D eigenvalue weighted by atomic mass is 15.3. The van der Waals surface area contributed by atoms with Gasteiger partial charge in [-0.2, -0.15) is 5.10 Å². The van der Waals surface area contributed by atoms with E-state index in [1.807, 2.05) is 51.3 Å². The second kappa shape index (κ2) is 4.22. The molecule has 0 aromatic carbocycles. The van der Waals surface area contributed by atoms with Crippen LogP contribution < -0.4 is 0 Å². The summed E-state index contributed by atoms with van der Waals surface area (Å²) in [5, 5.41) is 4.31. The summed E-state index contributed by atoms with van der Waals surface area (Å²) in [5.41, 5.74) is 4.12. The summed E-state index contributed by atoms with van der Waals surface area (Å²) in [4.78, 5) is 4.36. The van der Waals surface area contributed by atoms with Gasteiger partial charge >= 0.3 is 0 Å². The first-order valence-electron chi connectivity index (χ1n) is 4.97. The van der Waals surface area contributed by atoms with Crippen LogP contribution in [0.25, 0.3) is 5.65 Å². The Labute approximate surface area is 84.8 Å². The van der Waals surface area contributed by atoms with Gasteiger partial charge in [0.2, 0.25) is 0 Å². The number of aryl methyl sites for hydroxylation is 3. The minimum absolute atomic E-state index is 0.935. The molecule has 76 valence electrons. The van der Waals surface area contributed by atoms with Gasteiger partial charge in [-0.15, -0.1) is 0 Å². The molecule has 0 saturated carbocycles. The second-order valence-electron chi connectivity index (χ2n) is 3.09. The minimum atomic E-state index is 0.935. The Kier molecular flexibility index (Phi) is 3.23. The molecule has 2 aromatic heterocycles. The second-order valence-corrected chi connectivity index (χ2v) is 3.09. The monoisotopic (exact) mass is 191 g/mol. The fourth-order valence-corrected chi connectivity index (χ4v) is 1.40. The molecule has 0 radical (unpaired) electrons. The molecule has 14 heavy (non-hydrogen) atoms. The normalized spacial score (nSPS) is 9.79. The van der Waals surface area contributed by atoms with Crippen molar-refractivity contribution in [3.63, 3.8) is 0 Å². The van der Waals surface area contributed by atoms with Crippen molar-refractivity contribution in [1.29, 1.82) is 0 Å². The topological polar surface area (TPSA) is 30.2 Å². The van der Waals surface area contributed by atoms with Crippen molar-refractivity contribution in [3.8, 4) is 0 Å². The maximum atomic E-state index is 4.36. The van der Waals surface area contributed by atoms with Crippen molar-refractivity contribution in [2.45, 2.75) is 34.6 Å². The zero-order valence-corrected chi connectivity index (χ0v) is 9.50. The van der Waals surface area contributed by atoms with E-state index in [0.29, 0.717) is 0 Å². The van der Waals surface area contributed by atoms with E-state index in [1.165, 1.54) is 0 Å². The number of hydrogen-bond acceptors (Lipinski definition) is 2. The number of nitrogens with zero attached hydrogens (tertiary/aromatic N) is 3. The lowest BCUT2D eigenvalue weighted by molar-refractivity contribution is 0.870. The van der Waals surface area contributed by atoms with E-state index < -0.39 is 0 Å². The van der Waals surface area contributed by atoms with Crippen molar-refractivity contribution in [1.82, 2.24) is 14.6 Å². The van der Waals surface area contributed by atoms with Gasteiger partial charge < -0.3 is 0 Å². The summed E-state index contributed by atoms with van der Waals surface area (Å²) < 4.78 is 1.86. The standard InChI is InChI=1S/C9H11N3.C2H6/c1-6-4-8(3)12-9(10-6)5-7(2)11-12;1-2/h4-5H,1-3H3;1-2H3. The Balaban J connectivity index is 0.000000461. The Bertz CT molecular complexity index is 429. The molecular formula is C11H17N3. The molecule has 0 aliphatic carbocycles. The lowest BCUT2D eigenvalue weighted by Gasteiger charge is -1.98. The van der Waals surface area contributed by atoms with Gasteiger partial charge in [0.05, 0.1) is 5.69 Å². The number of hydrogen-bond donors (Lipinski definition) is 0. The Hall–Kier alpha value is -1.38. The molecule has 3 heteroatoms. The van der Waals surface area contributed by atoms with Gasteiger partial charge in [-0.1, -0.05) is 13.8 Å². The van der Waals surface area contributed by atoms with E-state index in [0.717, 1.165) is 22.7 Å². The molecule has 0 bridgehead atoms. The molecular weight excluding hydrogens is 174 g/mol. The van der Waals surface area contributed by atoms with E-state index in [2.05, 4.69) is 10.1 Å². The van der Waals surface area contributed by atoms with Crippen LogP contribution in [0.15, 0.2) is 12.1 Å². The highest BCUT2D eigenvalue weighted by Crippen LogP contribution is 2.07. The summed E-state index contributed by atoms with van der Waals surface area (Å²) in [6.07, 6.45) is 0. The molecule has 0 amide bonds. The molecule has 0 aliphatic heterocycles. The van der Waals surface area contributed by atoms with Crippen molar-refractivity contribution < 1.29 is 0 Å². The number of rotatable bonds is 0. The number of fused-ring (bicyclic) bond motifs is 1. The molecule has 2 heterocycles. The molecule has 3 nitrogen and oxygen atoms in total. The predicted octanol–water partition coefficient (Wildman–Crippen LogP) is 2.68. The van der Waals surface area contributed by atoms with Crippen LogP contribution in [-0.4, -0.2) is 14.6 Å². The molecule has 0 unspecified atom stereocenters. The molecule has 0 atom stereocenters. The Morgan fingerprint density at radius 3 is 2.29 bits per heavy atom. The average Bonchev–Trinajstić information content (AvgIpc) is 2.49. The zero-order valence-electron chi connectivity index (χ0n) is 9.50. The third kappa shape index (κ3) is 1.92. The summed E-state index contributed by atoms with van der Waals surface area (Å²) in [7, 11) is 0. The van der Waals surface area contributed by atoms with Crippen LogP contribution >= 0.6 is 0 Å². The largest absolute Gasteiger partial charge is 0.234 e. The van der Waals surface area contributed by atoms with Gasteiger partial charge in [0.25, 0.3) is 0 Å². The molecule has 2 aromatic rings. The van der Waals surface area contributed by atoms with E-state index in [9.17, 15) is 0 Å². The molecule has 0 aliphatic rings. The van der Waals surface area contributed by atoms with E-state index >= 15 is 0 Å². The van der Waals surface area contributed by atoms with Crippen molar-refractivity contribution >= 4 is 5.65 Å². The lowest BCUT2D eigenvalue weighted by atomic mass is 10.3. The SMILES string of the molecule is CC.Cc1cc(C)n2nc(C)cc2n1. The highest BCUT2D eigenvalue weighted by Gasteiger charge is 2.01. The summed E-state index contributed by atoms with van der Waals surface area (Å²) in [6, 6.07) is 4.01. The van der Waals surface area contributed by atoms with Gasteiger partial charge in [0.1, 0.15) is 0 Å². The van der Waals surface area contributed by atoms with E-state index in [1.54, 1.807) is 0 Å². The molecule has 0 fully saturated rings. The van der Waals surface area contributed by atoms with Crippen LogP contribution in [0, 0.1) is 20.8 Å². The fourth-order valence-electron chi connectivity index (χ4n) is 1.40. The highest BCUT2D eigenvalue weighted by molar-refractivity contribution is 5.40. The molecule has 2 rings (SSSR count). The lowest BCUT2D eigenvalue weighted by Crippen LogP contribution is -1.96. The van der Waals surface area contributed by atoms with Gasteiger partial charge in [-0.25, -0.2) is 9.50 Å². The van der Waals surface area contributed by atoms with Crippen molar-refractivity contribution in [2.24, 2.45) is 0 Å². The quantitative estimate of drug-likeness (QED) is 0.641. The van der Waals surface area contributed by atoms with Crippen LogP contribution in [0.4, 0.5) is 0 Å². The van der Waals surface area contributed by atoms with Crippen LogP contribution in [0.1, 0.15) is 30.9 Å². The smallest absolute Gasteiger partial charge is 0.155 e. The average molecular weight is 191 g/mol. The third-order valence-corrected chi connectivity index (χ3v) is 1.86. The van der Waals surface area contributed by atoms with Gasteiger partial charge in [-0.3, -0.25) is 0 Å². The van der Waals surface area contributed by atoms with Crippen LogP contribution in [0.2, 0.25) is 0 Å². The molecule has 0 saturated heterocycles. The predicted molar refractivity (Wildman–Crippen MR) is 58.5 cm³/mol. The maximum absolute atomic E-state index is 4.36. The summed E-state index contributed by atoms with van der Waals surface area (Å²) in [5.74, 6) is 0. The first-order chi connectivity index (χ1) is 6.66. The van der Waals surface area contributed by atoms with Crippen LogP contribution in [-0.2, 0) is 0 Å². The first kappa shape index (κ1) is 10.7. The van der Waals surface area contributed by atoms with Gasteiger partial charge in [0.15, 0.2) is 5.65 Å². The van der Waals surface area contributed by atoms with E-state index in [4.69, 9.17) is 0 Å². The third-order valence-electron chi connectivity index (χ3n) is 1.86. The molecule has 0 N–H and O–H groups in total. The first-order valence-corrected chi connectivity index (χ1v) is 4.97. The van der Waals surface area contributed by atoms with Crippen molar-refractivity contribution in [2.75, 3.05) is 0 Å². The van der Waals surface area contributed by atoms with E-state index in [-0.39, 0.29) is 0 Å².